The molecule has 1 heterocycles. The van der Waals surface area contributed by atoms with Crippen molar-refractivity contribution in [2.24, 2.45) is 0 Å². The van der Waals surface area contributed by atoms with Gasteiger partial charge in [0.1, 0.15) is 11.4 Å². The summed E-state index contributed by atoms with van der Waals surface area (Å²) in [6.45, 7) is 6.58. The van der Waals surface area contributed by atoms with Crippen LogP contribution in [0.2, 0.25) is 0 Å². The van der Waals surface area contributed by atoms with Gasteiger partial charge in [-0.2, -0.15) is 11.8 Å². The summed E-state index contributed by atoms with van der Waals surface area (Å²) in [6.07, 6.45) is 2.01. The van der Waals surface area contributed by atoms with E-state index in [-0.39, 0.29) is 11.6 Å². The molecule has 0 spiro atoms. The van der Waals surface area contributed by atoms with Gasteiger partial charge in [-0.25, -0.2) is 0 Å². The first-order valence-electron chi connectivity index (χ1n) is 6.58. The van der Waals surface area contributed by atoms with Crippen molar-refractivity contribution >= 4 is 11.8 Å². The minimum absolute atomic E-state index is 0.108. The normalized spacial score (nSPS) is 23.5. The number of benzene rings is 1. The molecule has 1 aliphatic rings. The molecule has 106 valence electrons. The Balaban J connectivity index is 2.11. The first-order valence-corrected chi connectivity index (χ1v) is 7.98. The van der Waals surface area contributed by atoms with Crippen molar-refractivity contribution in [2.45, 2.75) is 38.0 Å². The third-order valence-corrected chi connectivity index (χ3v) is 4.35. The van der Waals surface area contributed by atoms with E-state index in [1.54, 1.807) is 11.8 Å². The fraction of sp³-hybridized carbons (Fsp3) is 0.600. The molecule has 2 unspecified atom stereocenters. The van der Waals surface area contributed by atoms with E-state index in [2.05, 4.69) is 25.2 Å². The van der Waals surface area contributed by atoms with Crippen LogP contribution < -0.4 is 10.1 Å². The van der Waals surface area contributed by atoms with E-state index in [1.165, 1.54) is 5.56 Å². The minimum atomic E-state index is -0.701. The second kappa shape index (κ2) is 5.35. The fourth-order valence-electron chi connectivity index (χ4n) is 2.57. The van der Waals surface area contributed by atoms with E-state index in [9.17, 15) is 5.11 Å². The van der Waals surface area contributed by atoms with Crippen LogP contribution in [0.3, 0.4) is 0 Å². The van der Waals surface area contributed by atoms with Gasteiger partial charge in [0.25, 0.3) is 0 Å². The predicted octanol–water partition coefficient (Wildman–Crippen LogP) is 2.60. The number of ether oxygens (including phenoxy) is 1. The van der Waals surface area contributed by atoms with Crippen LogP contribution in [0.4, 0.5) is 0 Å². The monoisotopic (exact) mass is 281 g/mol. The van der Waals surface area contributed by atoms with Crippen LogP contribution in [0.25, 0.3) is 0 Å². The van der Waals surface area contributed by atoms with Crippen molar-refractivity contribution in [3.8, 4) is 5.75 Å². The van der Waals surface area contributed by atoms with Crippen LogP contribution in [0, 0.1) is 0 Å². The smallest absolute Gasteiger partial charge is 0.125 e. The quantitative estimate of drug-likeness (QED) is 0.870. The topological polar surface area (TPSA) is 41.5 Å². The molecule has 19 heavy (non-hydrogen) atoms. The summed E-state index contributed by atoms with van der Waals surface area (Å²) in [6, 6.07) is 8.21. The Labute approximate surface area is 119 Å². The zero-order valence-electron chi connectivity index (χ0n) is 12.1. The molecule has 2 atom stereocenters. The molecule has 3 nitrogen and oxygen atoms in total. The first-order chi connectivity index (χ1) is 8.86. The maximum atomic E-state index is 10.3. The average Bonchev–Trinajstić information content (AvgIpc) is 2.56. The maximum Gasteiger partial charge on any atom is 0.125 e. The molecule has 1 aromatic carbocycles. The average molecular weight is 281 g/mol. The lowest BCUT2D eigenvalue weighted by molar-refractivity contribution is 0.0568. The summed E-state index contributed by atoms with van der Waals surface area (Å²) in [4.78, 5) is 0. The lowest BCUT2D eigenvalue weighted by Crippen LogP contribution is -2.46. The van der Waals surface area contributed by atoms with Gasteiger partial charge in [-0.1, -0.05) is 18.2 Å². The third-order valence-electron chi connectivity index (χ3n) is 3.44. The van der Waals surface area contributed by atoms with Gasteiger partial charge in [-0.15, -0.1) is 0 Å². The third kappa shape index (κ3) is 3.25. The van der Waals surface area contributed by atoms with Crippen LogP contribution in [0.1, 0.15) is 32.4 Å². The number of fused-ring (bicyclic) bond motifs is 1. The summed E-state index contributed by atoms with van der Waals surface area (Å²) < 4.78 is 5.98. The van der Waals surface area contributed by atoms with Crippen LogP contribution in [0.15, 0.2) is 24.3 Å². The zero-order valence-corrected chi connectivity index (χ0v) is 12.9. The van der Waals surface area contributed by atoms with E-state index >= 15 is 0 Å². The molecule has 0 radical (unpaired) electrons. The van der Waals surface area contributed by atoms with Crippen LogP contribution in [0.5, 0.6) is 5.75 Å². The Bertz CT molecular complexity index is 446. The molecule has 0 fully saturated rings. The Morgan fingerprint density at radius 3 is 2.79 bits per heavy atom. The molecular weight excluding hydrogens is 258 g/mol. The van der Waals surface area contributed by atoms with Crippen molar-refractivity contribution in [3.63, 3.8) is 0 Å². The van der Waals surface area contributed by atoms with Crippen molar-refractivity contribution in [1.82, 2.24) is 5.32 Å². The number of para-hydroxylation sites is 1. The Kier molecular flexibility index (Phi) is 4.14. The maximum absolute atomic E-state index is 10.3. The molecular formula is C15H23NO2S. The predicted molar refractivity (Wildman–Crippen MR) is 80.9 cm³/mol. The highest BCUT2D eigenvalue weighted by molar-refractivity contribution is 7.98. The van der Waals surface area contributed by atoms with Crippen LogP contribution in [-0.2, 0) is 0 Å². The highest BCUT2D eigenvalue weighted by atomic mass is 32.2. The molecule has 0 aliphatic carbocycles. The number of hydrogen-bond donors (Lipinski definition) is 2. The number of nitrogens with one attached hydrogen (secondary N) is 1. The van der Waals surface area contributed by atoms with E-state index in [4.69, 9.17) is 4.74 Å². The first kappa shape index (κ1) is 14.7. The molecule has 2 N–H and O–H groups in total. The Morgan fingerprint density at radius 2 is 2.11 bits per heavy atom. The van der Waals surface area contributed by atoms with E-state index < -0.39 is 5.60 Å². The van der Waals surface area contributed by atoms with Gasteiger partial charge in [-0.3, -0.25) is 0 Å². The van der Waals surface area contributed by atoms with Gasteiger partial charge >= 0.3 is 0 Å². The highest BCUT2D eigenvalue weighted by Gasteiger charge is 2.41. The van der Waals surface area contributed by atoms with Crippen molar-refractivity contribution in [3.05, 3.63) is 29.8 Å². The number of thioether (sulfide) groups is 1. The van der Waals surface area contributed by atoms with Gasteiger partial charge in [0.15, 0.2) is 0 Å². The van der Waals surface area contributed by atoms with Crippen LogP contribution in [-0.4, -0.2) is 34.9 Å². The standard InChI is InChI=1S/C15H23NO2S/c1-14(2)13(16-9-15(3,17)10-19-4)11-7-5-6-8-12(11)18-14/h5-8,13,16-17H,9-10H2,1-4H3. The molecule has 0 saturated carbocycles. The van der Waals surface area contributed by atoms with E-state index in [0.29, 0.717) is 6.54 Å². The van der Waals surface area contributed by atoms with Gasteiger partial charge in [0, 0.05) is 17.9 Å². The minimum Gasteiger partial charge on any atom is -0.486 e. The SMILES string of the molecule is CSCC(C)(O)CNC1c2ccccc2OC1(C)C. The van der Waals surface area contributed by atoms with Crippen molar-refractivity contribution < 1.29 is 9.84 Å². The van der Waals surface area contributed by atoms with Gasteiger partial charge in [-0.05, 0) is 33.1 Å². The molecule has 0 amide bonds. The number of aliphatic hydroxyl groups is 1. The van der Waals surface area contributed by atoms with Crippen molar-refractivity contribution in [1.29, 1.82) is 0 Å². The molecule has 0 saturated heterocycles. The molecule has 4 heteroatoms. The van der Waals surface area contributed by atoms with Crippen molar-refractivity contribution in [2.75, 3.05) is 18.6 Å². The molecule has 1 aliphatic heterocycles. The second-order valence-corrected chi connectivity index (χ2v) is 6.85. The molecule has 2 rings (SSSR count). The molecule has 0 aromatic heterocycles. The lowest BCUT2D eigenvalue weighted by Gasteiger charge is -2.31. The highest BCUT2D eigenvalue weighted by Crippen LogP contribution is 2.42. The summed E-state index contributed by atoms with van der Waals surface area (Å²) in [5.74, 6) is 1.66. The zero-order chi connectivity index (χ0) is 14.1. The van der Waals surface area contributed by atoms with Gasteiger partial charge < -0.3 is 15.2 Å². The van der Waals surface area contributed by atoms with Gasteiger partial charge in [0.05, 0.1) is 11.6 Å². The van der Waals surface area contributed by atoms with E-state index in [1.807, 2.05) is 31.4 Å². The fourth-order valence-corrected chi connectivity index (χ4v) is 3.29. The number of hydrogen-bond acceptors (Lipinski definition) is 4. The van der Waals surface area contributed by atoms with Gasteiger partial charge in [0.2, 0.25) is 0 Å². The second-order valence-electron chi connectivity index (χ2n) is 5.99. The molecule has 0 bridgehead atoms. The Morgan fingerprint density at radius 1 is 1.42 bits per heavy atom. The summed E-state index contributed by atoms with van der Waals surface area (Å²) in [5.41, 5.74) is 0.180. The summed E-state index contributed by atoms with van der Waals surface area (Å²) >= 11 is 1.66. The lowest BCUT2D eigenvalue weighted by atomic mass is 9.94. The summed E-state index contributed by atoms with van der Waals surface area (Å²) in [7, 11) is 0. The summed E-state index contributed by atoms with van der Waals surface area (Å²) in [5, 5.41) is 13.7. The number of rotatable bonds is 5. The van der Waals surface area contributed by atoms with Crippen LogP contribution >= 0.6 is 11.8 Å². The molecule has 1 aromatic rings. The Hall–Kier alpha value is -0.710. The largest absolute Gasteiger partial charge is 0.486 e. The van der Waals surface area contributed by atoms with E-state index in [0.717, 1.165) is 11.5 Å².